The molecule has 0 aromatic heterocycles. The van der Waals surface area contributed by atoms with Crippen LogP contribution in [-0.4, -0.2) is 30.8 Å². The monoisotopic (exact) mass is 334 g/mol. The molecular formula is C19H26O5. The van der Waals surface area contributed by atoms with Gasteiger partial charge in [0.15, 0.2) is 0 Å². The Morgan fingerprint density at radius 3 is 2.08 bits per heavy atom. The number of ether oxygens (including phenoxy) is 3. The Morgan fingerprint density at radius 2 is 1.58 bits per heavy atom. The molecule has 1 saturated carbocycles. The van der Waals surface area contributed by atoms with Crippen molar-refractivity contribution in [2.24, 2.45) is 5.92 Å². The molecule has 0 N–H and O–H groups in total. The van der Waals surface area contributed by atoms with Crippen LogP contribution in [0.3, 0.4) is 0 Å². The lowest BCUT2D eigenvalue weighted by atomic mass is 9.87. The quantitative estimate of drug-likeness (QED) is 0.785. The average Bonchev–Trinajstić information content (AvgIpc) is 2.54. The van der Waals surface area contributed by atoms with E-state index in [1.807, 2.05) is 20.8 Å². The third-order valence-electron chi connectivity index (χ3n) is 4.00. The Hall–Kier alpha value is -2.04. The number of benzene rings is 1. The Bertz CT molecular complexity index is 562. The minimum Gasteiger partial charge on any atom is -0.490 e. The predicted octanol–water partition coefficient (Wildman–Crippen LogP) is 3.75. The van der Waals surface area contributed by atoms with Crippen molar-refractivity contribution in [3.8, 4) is 5.75 Å². The summed E-state index contributed by atoms with van der Waals surface area (Å²) in [7, 11) is 1.43. The summed E-state index contributed by atoms with van der Waals surface area (Å²) in [5.74, 6) is 0.246. The SMILES string of the molecule is COC(=O)C1CCC(Oc2ccc(C(=O)OC(C)(C)C)cc2)CC1. The van der Waals surface area contributed by atoms with E-state index in [0.717, 1.165) is 31.4 Å². The van der Waals surface area contributed by atoms with Crippen LogP contribution in [0.15, 0.2) is 24.3 Å². The fourth-order valence-corrected chi connectivity index (χ4v) is 2.78. The highest BCUT2D eigenvalue weighted by atomic mass is 16.6. The van der Waals surface area contributed by atoms with Gasteiger partial charge in [0.1, 0.15) is 11.4 Å². The van der Waals surface area contributed by atoms with Crippen molar-refractivity contribution in [2.75, 3.05) is 7.11 Å². The molecule has 5 nitrogen and oxygen atoms in total. The van der Waals surface area contributed by atoms with E-state index >= 15 is 0 Å². The lowest BCUT2D eigenvalue weighted by molar-refractivity contribution is -0.147. The van der Waals surface area contributed by atoms with Gasteiger partial charge in [0.05, 0.1) is 24.7 Å². The first-order chi connectivity index (χ1) is 11.3. The molecule has 0 atom stereocenters. The van der Waals surface area contributed by atoms with E-state index in [9.17, 15) is 9.59 Å². The van der Waals surface area contributed by atoms with Gasteiger partial charge in [-0.05, 0) is 70.7 Å². The second-order valence-electron chi connectivity index (χ2n) is 7.14. The molecule has 0 unspecified atom stereocenters. The average molecular weight is 334 g/mol. The highest BCUT2D eigenvalue weighted by molar-refractivity contribution is 5.89. The lowest BCUT2D eigenvalue weighted by Crippen LogP contribution is -2.28. The van der Waals surface area contributed by atoms with Gasteiger partial charge in [0.25, 0.3) is 0 Å². The normalized spacial score (nSPS) is 21.0. The van der Waals surface area contributed by atoms with Crippen LogP contribution >= 0.6 is 0 Å². The molecule has 1 aliphatic rings. The summed E-state index contributed by atoms with van der Waals surface area (Å²) in [6.07, 6.45) is 3.32. The van der Waals surface area contributed by atoms with Crippen molar-refractivity contribution in [2.45, 2.75) is 58.2 Å². The molecule has 1 fully saturated rings. The first-order valence-electron chi connectivity index (χ1n) is 8.36. The molecule has 0 amide bonds. The Labute approximate surface area is 143 Å². The highest BCUT2D eigenvalue weighted by Crippen LogP contribution is 2.28. The summed E-state index contributed by atoms with van der Waals surface area (Å²) in [6, 6.07) is 6.99. The van der Waals surface area contributed by atoms with Crippen LogP contribution in [0.25, 0.3) is 0 Å². The van der Waals surface area contributed by atoms with E-state index < -0.39 is 5.60 Å². The van der Waals surface area contributed by atoms with Gasteiger partial charge in [-0.3, -0.25) is 4.79 Å². The smallest absolute Gasteiger partial charge is 0.338 e. The molecule has 0 bridgehead atoms. The molecule has 132 valence electrons. The molecule has 0 saturated heterocycles. The van der Waals surface area contributed by atoms with Gasteiger partial charge in [0, 0.05) is 0 Å². The molecular weight excluding hydrogens is 308 g/mol. The second-order valence-corrected chi connectivity index (χ2v) is 7.14. The van der Waals surface area contributed by atoms with Gasteiger partial charge < -0.3 is 14.2 Å². The molecule has 1 aliphatic carbocycles. The zero-order valence-corrected chi connectivity index (χ0v) is 14.8. The highest BCUT2D eigenvalue weighted by Gasteiger charge is 2.27. The minimum atomic E-state index is -0.509. The maximum absolute atomic E-state index is 12.0. The van der Waals surface area contributed by atoms with E-state index in [1.165, 1.54) is 7.11 Å². The minimum absolute atomic E-state index is 0.00982. The molecule has 0 radical (unpaired) electrons. The summed E-state index contributed by atoms with van der Waals surface area (Å²) in [6.45, 7) is 5.52. The lowest BCUT2D eigenvalue weighted by Gasteiger charge is -2.27. The zero-order chi connectivity index (χ0) is 17.7. The third-order valence-corrected chi connectivity index (χ3v) is 4.00. The summed E-state index contributed by atoms with van der Waals surface area (Å²) in [5.41, 5.74) is -0.00321. The van der Waals surface area contributed by atoms with Crippen LogP contribution in [0.5, 0.6) is 5.75 Å². The molecule has 1 aromatic rings. The van der Waals surface area contributed by atoms with Crippen LogP contribution in [0, 0.1) is 5.92 Å². The standard InChI is InChI=1S/C19H26O5/c1-19(2,3)24-18(21)14-7-11-16(12-8-14)23-15-9-5-13(6-10-15)17(20)22-4/h7-8,11-13,15H,5-6,9-10H2,1-4H3. The van der Waals surface area contributed by atoms with Crippen molar-refractivity contribution < 1.29 is 23.8 Å². The van der Waals surface area contributed by atoms with Gasteiger partial charge in [-0.2, -0.15) is 0 Å². The molecule has 0 spiro atoms. The number of hydrogen-bond acceptors (Lipinski definition) is 5. The van der Waals surface area contributed by atoms with Crippen molar-refractivity contribution in [1.29, 1.82) is 0 Å². The maximum Gasteiger partial charge on any atom is 0.338 e. The van der Waals surface area contributed by atoms with Crippen molar-refractivity contribution in [3.63, 3.8) is 0 Å². The van der Waals surface area contributed by atoms with Crippen LogP contribution in [-0.2, 0) is 14.3 Å². The largest absolute Gasteiger partial charge is 0.490 e. The molecule has 2 rings (SSSR count). The third kappa shape index (κ3) is 5.25. The first-order valence-corrected chi connectivity index (χ1v) is 8.36. The summed E-state index contributed by atoms with van der Waals surface area (Å²) >= 11 is 0. The van der Waals surface area contributed by atoms with Gasteiger partial charge in [-0.1, -0.05) is 0 Å². The number of methoxy groups -OCH3 is 1. The van der Waals surface area contributed by atoms with Gasteiger partial charge >= 0.3 is 11.9 Å². The maximum atomic E-state index is 12.0. The van der Waals surface area contributed by atoms with E-state index in [1.54, 1.807) is 24.3 Å². The Balaban J connectivity index is 1.86. The predicted molar refractivity (Wildman–Crippen MR) is 90.0 cm³/mol. The Kier molecular flexibility index (Phi) is 5.86. The molecule has 0 aliphatic heterocycles. The second kappa shape index (κ2) is 7.69. The van der Waals surface area contributed by atoms with Crippen molar-refractivity contribution in [3.05, 3.63) is 29.8 Å². The van der Waals surface area contributed by atoms with E-state index in [2.05, 4.69) is 0 Å². The number of rotatable bonds is 4. The summed E-state index contributed by atoms with van der Waals surface area (Å²) in [4.78, 5) is 23.5. The van der Waals surface area contributed by atoms with E-state index in [-0.39, 0.29) is 24.0 Å². The summed E-state index contributed by atoms with van der Waals surface area (Å²) < 4.78 is 16.1. The van der Waals surface area contributed by atoms with Gasteiger partial charge in [0.2, 0.25) is 0 Å². The zero-order valence-electron chi connectivity index (χ0n) is 14.8. The number of carbonyl (C=O) groups is 2. The summed E-state index contributed by atoms with van der Waals surface area (Å²) in [5, 5.41) is 0. The van der Waals surface area contributed by atoms with Crippen LogP contribution in [0.1, 0.15) is 56.8 Å². The fraction of sp³-hybridized carbons (Fsp3) is 0.579. The topological polar surface area (TPSA) is 61.8 Å². The number of esters is 2. The van der Waals surface area contributed by atoms with Crippen LogP contribution < -0.4 is 4.74 Å². The van der Waals surface area contributed by atoms with Gasteiger partial charge in [-0.15, -0.1) is 0 Å². The van der Waals surface area contributed by atoms with Crippen molar-refractivity contribution >= 4 is 11.9 Å². The van der Waals surface area contributed by atoms with Crippen molar-refractivity contribution in [1.82, 2.24) is 0 Å². The molecule has 0 heterocycles. The van der Waals surface area contributed by atoms with Crippen LogP contribution in [0.2, 0.25) is 0 Å². The first kappa shape index (κ1) is 18.3. The Morgan fingerprint density at radius 1 is 1.00 bits per heavy atom. The number of carbonyl (C=O) groups excluding carboxylic acids is 2. The van der Waals surface area contributed by atoms with Crippen LogP contribution in [0.4, 0.5) is 0 Å². The van der Waals surface area contributed by atoms with E-state index in [0.29, 0.717) is 5.56 Å². The fourth-order valence-electron chi connectivity index (χ4n) is 2.78. The van der Waals surface area contributed by atoms with Gasteiger partial charge in [-0.25, -0.2) is 4.79 Å². The molecule has 5 heteroatoms. The van der Waals surface area contributed by atoms with E-state index in [4.69, 9.17) is 14.2 Å². The molecule has 1 aromatic carbocycles. The molecule has 24 heavy (non-hydrogen) atoms. The number of hydrogen-bond donors (Lipinski definition) is 0.